The predicted octanol–water partition coefficient (Wildman–Crippen LogP) is 0.410. The maximum atomic E-state index is 12.5. The van der Waals surface area contributed by atoms with Gasteiger partial charge in [-0.1, -0.05) is 37.6 Å². The molecule has 2 aliphatic heterocycles. The lowest BCUT2D eigenvalue weighted by molar-refractivity contribution is -0.123. The maximum Gasteiger partial charge on any atom is 0.221 e. The molecule has 3 rings (SSSR count). The molecule has 7 heteroatoms. The molecular formula is C22H37N3O4. The first-order valence-corrected chi connectivity index (χ1v) is 11.1. The number of aliphatic hydroxyl groups excluding tert-OH is 3. The summed E-state index contributed by atoms with van der Waals surface area (Å²) in [6.45, 7) is 5.05. The van der Waals surface area contributed by atoms with Gasteiger partial charge in [0.1, 0.15) is 0 Å². The molecule has 3 aliphatic rings. The van der Waals surface area contributed by atoms with Crippen LogP contribution >= 0.6 is 0 Å². The Hall–Kier alpha value is -1.25. The van der Waals surface area contributed by atoms with E-state index >= 15 is 0 Å². The topological polar surface area (TPSA) is 96.3 Å². The van der Waals surface area contributed by atoms with Gasteiger partial charge in [0.25, 0.3) is 0 Å². The van der Waals surface area contributed by atoms with Crippen molar-refractivity contribution in [3.8, 4) is 0 Å². The number of hydrogen-bond acceptors (Lipinski definition) is 6. The van der Waals surface area contributed by atoms with Crippen LogP contribution in [0, 0.1) is 0 Å². The maximum absolute atomic E-state index is 12.5. The first-order valence-electron chi connectivity index (χ1n) is 11.1. The Morgan fingerprint density at radius 1 is 1.17 bits per heavy atom. The first kappa shape index (κ1) is 22.4. The molecule has 0 aromatic carbocycles. The Morgan fingerprint density at radius 2 is 1.90 bits per heavy atom. The third kappa shape index (κ3) is 4.91. The number of likely N-dealkylation sites (tertiary alicyclic amines) is 2. The van der Waals surface area contributed by atoms with Gasteiger partial charge in [-0.3, -0.25) is 14.6 Å². The van der Waals surface area contributed by atoms with Gasteiger partial charge in [0.2, 0.25) is 5.91 Å². The number of hydrogen-bond donors (Lipinski definition) is 4. The fourth-order valence-corrected chi connectivity index (χ4v) is 5.03. The largest absolute Gasteiger partial charge is 0.395 e. The fourth-order valence-electron chi connectivity index (χ4n) is 5.03. The van der Waals surface area contributed by atoms with Gasteiger partial charge < -0.3 is 20.6 Å². The van der Waals surface area contributed by atoms with Gasteiger partial charge in [0.15, 0.2) is 0 Å². The van der Waals surface area contributed by atoms with Crippen LogP contribution in [0.15, 0.2) is 24.3 Å². The van der Waals surface area contributed by atoms with E-state index in [-0.39, 0.29) is 24.5 Å². The van der Waals surface area contributed by atoms with Crippen LogP contribution < -0.4 is 5.32 Å². The molecule has 2 fully saturated rings. The van der Waals surface area contributed by atoms with Crippen LogP contribution in [0.5, 0.6) is 0 Å². The smallest absolute Gasteiger partial charge is 0.221 e. The van der Waals surface area contributed by atoms with Crippen LogP contribution in [-0.2, 0) is 4.79 Å². The Bertz CT molecular complexity index is 605. The van der Waals surface area contributed by atoms with E-state index in [0.717, 1.165) is 45.2 Å². The Kier molecular flexibility index (Phi) is 7.87. The number of unbranched alkanes of at least 4 members (excludes halogenated alkanes) is 1. The molecule has 5 atom stereocenters. The number of allylic oxidation sites excluding steroid dienone is 2. The minimum atomic E-state index is -1.06. The quantitative estimate of drug-likeness (QED) is 0.414. The van der Waals surface area contributed by atoms with Gasteiger partial charge in [-0.25, -0.2) is 0 Å². The summed E-state index contributed by atoms with van der Waals surface area (Å²) in [6, 6.07) is -1.08. The van der Waals surface area contributed by atoms with E-state index in [0.29, 0.717) is 13.1 Å². The zero-order valence-corrected chi connectivity index (χ0v) is 17.5. The van der Waals surface area contributed by atoms with Gasteiger partial charge in [0.05, 0.1) is 30.4 Å². The molecule has 164 valence electrons. The first-order chi connectivity index (χ1) is 14.0. The summed E-state index contributed by atoms with van der Waals surface area (Å²) in [5, 5.41) is 34.2. The Morgan fingerprint density at radius 3 is 2.52 bits per heavy atom. The van der Waals surface area contributed by atoms with E-state index < -0.39 is 24.3 Å². The molecule has 1 aliphatic carbocycles. The van der Waals surface area contributed by atoms with Crippen molar-refractivity contribution in [3.05, 3.63) is 24.3 Å². The lowest BCUT2D eigenvalue weighted by Gasteiger charge is -2.45. The summed E-state index contributed by atoms with van der Waals surface area (Å²) in [4.78, 5) is 16.9. The van der Waals surface area contributed by atoms with E-state index in [1.807, 2.05) is 11.0 Å². The second-order valence-corrected chi connectivity index (χ2v) is 8.67. The van der Waals surface area contributed by atoms with Crippen molar-refractivity contribution in [1.29, 1.82) is 0 Å². The highest BCUT2D eigenvalue weighted by atomic mass is 16.3. The molecule has 0 aromatic heterocycles. The molecule has 0 saturated carbocycles. The molecule has 0 spiro atoms. The van der Waals surface area contributed by atoms with Crippen molar-refractivity contribution in [2.45, 2.75) is 75.3 Å². The van der Waals surface area contributed by atoms with E-state index in [1.165, 1.54) is 0 Å². The highest BCUT2D eigenvalue weighted by Gasteiger charge is 2.51. The van der Waals surface area contributed by atoms with Crippen LogP contribution in [0.1, 0.15) is 45.4 Å². The monoisotopic (exact) mass is 407 g/mol. The molecule has 0 radical (unpaired) electrons. The van der Waals surface area contributed by atoms with Crippen molar-refractivity contribution < 1.29 is 20.1 Å². The van der Waals surface area contributed by atoms with Crippen molar-refractivity contribution in [2.24, 2.45) is 0 Å². The van der Waals surface area contributed by atoms with Gasteiger partial charge >= 0.3 is 0 Å². The van der Waals surface area contributed by atoms with Crippen molar-refractivity contribution in [3.63, 3.8) is 0 Å². The lowest BCUT2D eigenvalue weighted by atomic mass is 9.88. The van der Waals surface area contributed by atoms with Gasteiger partial charge in [0, 0.05) is 25.6 Å². The number of nitrogens with zero attached hydrogens (tertiary/aromatic N) is 2. The second kappa shape index (κ2) is 10.2. The second-order valence-electron chi connectivity index (χ2n) is 8.67. The Labute approximate surface area is 174 Å². The number of carbonyl (C=O) groups is 1. The number of nitrogens with one attached hydrogen (secondary N) is 1. The summed E-state index contributed by atoms with van der Waals surface area (Å²) >= 11 is 0. The van der Waals surface area contributed by atoms with Crippen LogP contribution in [0.4, 0.5) is 0 Å². The third-order valence-electron chi connectivity index (χ3n) is 6.74. The Balaban J connectivity index is 1.79. The normalized spacial score (nSPS) is 35.4. The molecule has 0 bridgehead atoms. The van der Waals surface area contributed by atoms with Crippen LogP contribution in [-0.4, -0.2) is 93.6 Å². The summed E-state index contributed by atoms with van der Waals surface area (Å²) in [7, 11) is 0. The molecule has 29 heavy (non-hydrogen) atoms. The highest BCUT2D eigenvalue weighted by Crippen LogP contribution is 2.35. The van der Waals surface area contributed by atoms with E-state index in [2.05, 4.69) is 35.4 Å². The molecule has 2 heterocycles. The molecule has 1 amide bonds. The SMILES string of the molecule is CCCCNC(=O)C[C@@H]1[C@H](O)[C@H](O)[C@@H](CO)N1CC1(N2CCCC2)C=CC=CC1. The molecule has 4 N–H and O–H groups in total. The average Bonchev–Trinajstić information content (AvgIpc) is 3.34. The minimum Gasteiger partial charge on any atom is -0.395 e. The average molecular weight is 408 g/mol. The van der Waals surface area contributed by atoms with Crippen LogP contribution in [0.25, 0.3) is 0 Å². The minimum absolute atomic E-state index is 0.118. The van der Waals surface area contributed by atoms with Crippen LogP contribution in [0.2, 0.25) is 0 Å². The van der Waals surface area contributed by atoms with Crippen LogP contribution in [0.3, 0.4) is 0 Å². The standard InChI is InChI=1S/C22H37N3O4/c1-2-3-11-23-19(27)14-17-20(28)21(29)18(15-26)25(17)16-22(9-5-4-6-10-22)24-12-7-8-13-24/h4-6,9,17-18,20-21,26,28-29H,2-3,7-8,10-16H2,1H3,(H,23,27)/t17-,18-,20+,21-,22?/m1/s1. The van der Waals surface area contributed by atoms with Crippen molar-refractivity contribution in [2.75, 3.05) is 32.8 Å². The van der Waals surface area contributed by atoms with Gasteiger partial charge in [-0.15, -0.1) is 0 Å². The summed E-state index contributed by atoms with van der Waals surface area (Å²) < 4.78 is 0. The summed E-state index contributed by atoms with van der Waals surface area (Å²) in [6.07, 6.45) is 11.6. The molecular weight excluding hydrogens is 370 g/mol. The summed E-state index contributed by atoms with van der Waals surface area (Å²) in [5.41, 5.74) is -0.237. The molecule has 7 nitrogen and oxygen atoms in total. The molecule has 1 unspecified atom stereocenters. The van der Waals surface area contributed by atoms with Crippen molar-refractivity contribution >= 4 is 5.91 Å². The number of amides is 1. The van der Waals surface area contributed by atoms with E-state index in [4.69, 9.17) is 0 Å². The zero-order chi connectivity index (χ0) is 20.9. The number of rotatable bonds is 9. The van der Waals surface area contributed by atoms with E-state index in [9.17, 15) is 20.1 Å². The molecule has 0 aromatic rings. The zero-order valence-electron chi connectivity index (χ0n) is 17.5. The van der Waals surface area contributed by atoms with Crippen molar-refractivity contribution in [1.82, 2.24) is 15.1 Å². The number of aliphatic hydroxyl groups is 3. The molecule has 2 saturated heterocycles. The van der Waals surface area contributed by atoms with Gasteiger partial charge in [-0.2, -0.15) is 0 Å². The summed E-state index contributed by atoms with van der Waals surface area (Å²) in [5.74, 6) is -0.118. The van der Waals surface area contributed by atoms with Gasteiger partial charge in [-0.05, 0) is 38.8 Å². The lowest BCUT2D eigenvalue weighted by Crippen LogP contribution is -2.57. The van der Waals surface area contributed by atoms with E-state index in [1.54, 1.807) is 0 Å². The highest BCUT2D eigenvalue weighted by molar-refractivity contribution is 5.76. The third-order valence-corrected chi connectivity index (χ3v) is 6.74. The fraction of sp³-hybridized carbons (Fsp3) is 0.773. The number of carbonyl (C=O) groups excluding carboxylic acids is 1. The predicted molar refractivity (Wildman–Crippen MR) is 112 cm³/mol.